The number of halogens is 1. The summed E-state index contributed by atoms with van der Waals surface area (Å²) in [6.45, 7) is 3.42. The van der Waals surface area contributed by atoms with E-state index in [2.05, 4.69) is 50.1 Å². The van der Waals surface area contributed by atoms with Crippen LogP contribution in [-0.2, 0) is 13.2 Å². The molecule has 0 aromatic carbocycles. The first-order valence-electron chi connectivity index (χ1n) is 7.34. The van der Waals surface area contributed by atoms with E-state index in [0.717, 1.165) is 21.9 Å². The molecule has 3 rings (SSSR count). The topological polar surface area (TPSA) is 50.0 Å². The summed E-state index contributed by atoms with van der Waals surface area (Å²) in [4.78, 5) is 7.83. The molecule has 24 heavy (non-hydrogen) atoms. The molecule has 126 valence electrons. The minimum absolute atomic E-state index is 0.532. The van der Waals surface area contributed by atoms with Crippen molar-refractivity contribution in [2.75, 3.05) is 7.05 Å². The van der Waals surface area contributed by atoms with Gasteiger partial charge in [-0.3, -0.25) is 10.00 Å². The Hall–Kier alpha value is -1.48. The molecule has 3 aromatic rings. The van der Waals surface area contributed by atoms with E-state index in [0.29, 0.717) is 17.3 Å². The van der Waals surface area contributed by atoms with Crippen LogP contribution < -0.4 is 0 Å². The van der Waals surface area contributed by atoms with Crippen LogP contribution in [-0.4, -0.2) is 26.7 Å². The molecule has 3 heterocycles. The van der Waals surface area contributed by atoms with Gasteiger partial charge >= 0.3 is 0 Å². The van der Waals surface area contributed by atoms with Gasteiger partial charge < -0.3 is 4.42 Å². The first-order chi connectivity index (χ1) is 11.5. The van der Waals surface area contributed by atoms with Crippen molar-refractivity contribution < 1.29 is 4.42 Å². The van der Waals surface area contributed by atoms with Crippen molar-refractivity contribution in [1.82, 2.24) is 19.7 Å². The number of furan rings is 1. The van der Waals surface area contributed by atoms with Crippen molar-refractivity contribution in [1.29, 1.82) is 0 Å². The van der Waals surface area contributed by atoms with Gasteiger partial charge in [0.15, 0.2) is 0 Å². The average molecular weight is 425 g/mol. The fraction of sp³-hybridized carbons (Fsp3) is 0.250. The Labute approximate surface area is 157 Å². The number of aromatic nitrogens is 3. The summed E-state index contributed by atoms with van der Waals surface area (Å²) in [6.07, 6.45) is 3.73. The second-order valence-corrected chi connectivity index (χ2v) is 8.38. The van der Waals surface area contributed by atoms with Crippen LogP contribution in [0.25, 0.3) is 12.2 Å². The quantitative estimate of drug-likeness (QED) is 0.570. The van der Waals surface area contributed by atoms with Crippen molar-refractivity contribution in [3.8, 4) is 0 Å². The Morgan fingerprint density at radius 1 is 1.38 bits per heavy atom. The molecule has 0 aliphatic carbocycles. The summed E-state index contributed by atoms with van der Waals surface area (Å²) in [5, 5.41) is 3.21. The van der Waals surface area contributed by atoms with Crippen LogP contribution in [0.3, 0.4) is 0 Å². The van der Waals surface area contributed by atoms with Gasteiger partial charge in [0.2, 0.25) is 4.77 Å². The highest BCUT2D eigenvalue weighted by atomic mass is 79.9. The lowest BCUT2D eigenvalue weighted by atomic mass is 10.4. The summed E-state index contributed by atoms with van der Waals surface area (Å²) in [5.41, 5.74) is 0. The number of hydrogen-bond donors (Lipinski definition) is 1. The normalized spacial score (nSPS) is 11.8. The van der Waals surface area contributed by atoms with E-state index < -0.39 is 0 Å². The lowest BCUT2D eigenvalue weighted by molar-refractivity contribution is 0.246. The number of hydrogen-bond acceptors (Lipinski definition) is 5. The highest BCUT2D eigenvalue weighted by Crippen LogP contribution is 2.23. The maximum Gasteiger partial charge on any atom is 0.217 e. The lowest BCUT2D eigenvalue weighted by Gasteiger charge is -2.15. The molecule has 0 aliphatic heterocycles. The Morgan fingerprint density at radius 3 is 2.88 bits per heavy atom. The number of aryl methyl sites for hydroxylation is 1. The second-order valence-electron chi connectivity index (χ2n) is 5.46. The van der Waals surface area contributed by atoms with Gasteiger partial charge in [-0.15, -0.1) is 11.3 Å². The minimum atomic E-state index is 0.532. The number of H-pyrrole nitrogens is 1. The van der Waals surface area contributed by atoms with Crippen LogP contribution in [0.1, 0.15) is 22.2 Å². The molecule has 0 unspecified atom stereocenters. The van der Waals surface area contributed by atoms with E-state index in [-0.39, 0.29) is 0 Å². The van der Waals surface area contributed by atoms with Gasteiger partial charge in [0.1, 0.15) is 17.3 Å². The van der Waals surface area contributed by atoms with Crippen molar-refractivity contribution in [3.63, 3.8) is 0 Å². The Kier molecular flexibility index (Phi) is 5.50. The Balaban J connectivity index is 1.65. The van der Waals surface area contributed by atoms with Crippen LogP contribution in [0.15, 0.2) is 32.5 Å². The van der Waals surface area contributed by atoms with Crippen LogP contribution in [0, 0.1) is 11.7 Å². The van der Waals surface area contributed by atoms with Crippen LogP contribution in [0.2, 0.25) is 0 Å². The van der Waals surface area contributed by atoms with E-state index in [9.17, 15) is 0 Å². The molecule has 5 nitrogen and oxygen atoms in total. The van der Waals surface area contributed by atoms with Crippen LogP contribution in [0.5, 0.6) is 0 Å². The zero-order chi connectivity index (χ0) is 17.1. The fourth-order valence-electron chi connectivity index (χ4n) is 2.24. The van der Waals surface area contributed by atoms with Gasteiger partial charge in [0.25, 0.3) is 0 Å². The number of nitrogens with one attached hydrogen (secondary N) is 1. The molecule has 0 amide bonds. The molecule has 0 radical (unpaired) electrons. The number of aromatic amines is 1. The molecular formula is C16H17BrN4OS2. The third kappa shape index (κ3) is 4.54. The van der Waals surface area contributed by atoms with Crippen molar-refractivity contribution >= 4 is 51.6 Å². The predicted molar refractivity (Wildman–Crippen MR) is 103 cm³/mol. The fourth-order valence-corrected chi connectivity index (χ4v) is 4.01. The summed E-state index contributed by atoms with van der Waals surface area (Å²) in [6, 6.07) is 8.04. The van der Waals surface area contributed by atoms with E-state index in [1.165, 1.54) is 4.88 Å². The van der Waals surface area contributed by atoms with Gasteiger partial charge in [-0.2, -0.15) is 4.98 Å². The van der Waals surface area contributed by atoms with Gasteiger partial charge in [-0.05, 0) is 78.5 Å². The maximum absolute atomic E-state index is 5.50. The third-order valence-corrected chi connectivity index (χ3v) is 5.22. The van der Waals surface area contributed by atoms with Crippen molar-refractivity contribution in [2.24, 2.45) is 0 Å². The molecule has 0 bridgehead atoms. The number of nitrogens with zero attached hydrogens (tertiary/aromatic N) is 3. The van der Waals surface area contributed by atoms with Crippen molar-refractivity contribution in [3.05, 3.63) is 55.0 Å². The second kappa shape index (κ2) is 7.60. The smallest absolute Gasteiger partial charge is 0.217 e. The largest absolute Gasteiger partial charge is 0.462 e. The highest BCUT2D eigenvalue weighted by molar-refractivity contribution is 9.11. The first kappa shape index (κ1) is 17.3. The molecule has 8 heteroatoms. The molecule has 1 N–H and O–H groups in total. The molecule has 0 saturated carbocycles. The van der Waals surface area contributed by atoms with Gasteiger partial charge in [0, 0.05) is 11.4 Å². The summed E-state index contributed by atoms with van der Waals surface area (Å²) < 4.78 is 9.03. The average Bonchev–Trinajstić information content (AvgIpc) is 3.20. The predicted octanol–water partition coefficient (Wildman–Crippen LogP) is 4.93. The first-order valence-corrected chi connectivity index (χ1v) is 9.35. The summed E-state index contributed by atoms with van der Waals surface area (Å²) in [7, 11) is 2.05. The molecule has 3 aromatic heterocycles. The molecule has 0 fully saturated rings. The maximum atomic E-state index is 5.50. The minimum Gasteiger partial charge on any atom is -0.462 e. The molecule has 0 spiro atoms. The van der Waals surface area contributed by atoms with Gasteiger partial charge in [-0.1, -0.05) is 0 Å². The number of thiophene rings is 1. The molecular weight excluding hydrogens is 408 g/mol. The summed E-state index contributed by atoms with van der Waals surface area (Å²) >= 11 is 10.6. The standard InChI is InChI=1S/C16H17BrN4OS2/c1-11-3-4-12(22-11)5-8-15-18-16(23)21(19-15)10-20(2)9-13-6-7-14(17)24-13/h3-8H,9-10H2,1-2H3,(H,18,19,23). The van der Waals surface area contributed by atoms with Crippen LogP contribution in [0.4, 0.5) is 0 Å². The van der Waals surface area contributed by atoms with E-state index in [1.807, 2.05) is 35.9 Å². The highest BCUT2D eigenvalue weighted by Gasteiger charge is 2.06. The van der Waals surface area contributed by atoms with E-state index >= 15 is 0 Å². The molecule has 0 saturated heterocycles. The zero-order valence-corrected chi connectivity index (χ0v) is 16.5. The zero-order valence-electron chi connectivity index (χ0n) is 13.3. The van der Waals surface area contributed by atoms with Crippen molar-refractivity contribution in [2.45, 2.75) is 20.1 Å². The molecule has 0 atom stereocenters. The third-order valence-electron chi connectivity index (χ3n) is 3.30. The Morgan fingerprint density at radius 2 is 2.21 bits per heavy atom. The summed E-state index contributed by atoms with van der Waals surface area (Å²) in [5.74, 6) is 2.39. The van der Waals surface area contributed by atoms with E-state index in [4.69, 9.17) is 16.6 Å². The Bertz CT molecular complexity index is 905. The lowest BCUT2D eigenvalue weighted by Crippen LogP contribution is -2.22. The SMILES string of the molecule is Cc1ccc(C=Cc2nc(=S)n(CN(C)Cc3ccc(Br)s3)[nH]2)o1. The van der Waals surface area contributed by atoms with Gasteiger partial charge in [0.05, 0.1) is 10.5 Å². The van der Waals surface area contributed by atoms with Gasteiger partial charge in [-0.25, -0.2) is 4.68 Å². The monoisotopic (exact) mass is 424 g/mol. The molecule has 0 aliphatic rings. The van der Waals surface area contributed by atoms with Crippen LogP contribution >= 0.6 is 39.5 Å². The van der Waals surface area contributed by atoms with E-state index in [1.54, 1.807) is 11.3 Å². The number of rotatable bonds is 6.